The van der Waals surface area contributed by atoms with Gasteiger partial charge in [0.25, 0.3) is 5.91 Å². The Labute approximate surface area is 139 Å². The fourth-order valence-corrected chi connectivity index (χ4v) is 2.60. The maximum atomic E-state index is 12.2. The maximum Gasteiger partial charge on any atom is 0.263 e. The largest absolute Gasteiger partial charge is 0.333 e. The van der Waals surface area contributed by atoms with Crippen molar-refractivity contribution in [3.8, 4) is 0 Å². The molecular weight excluding hydrogens is 304 g/mol. The van der Waals surface area contributed by atoms with Crippen LogP contribution in [0.25, 0.3) is 5.57 Å². The van der Waals surface area contributed by atoms with Gasteiger partial charge < -0.3 is 9.69 Å². The standard InChI is InChI=1S/C18H16N4O2/c19-21-18(24)15-10-13(16-8-4-5-9-20-16)11-22(17(15)12-23)14-6-2-1-3-7-14/h1-12,17H,19H2,(H,21,24). The highest BCUT2D eigenvalue weighted by atomic mass is 16.2. The summed E-state index contributed by atoms with van der Waals surface area (Å²) in [5.41, 5.74) is 4.57. The molecule has 24 heavy (non-hydrogen) atoms. The number of carbonyl (C=O) groups is 2. The van der Waals surface area contributed by atoms with Crippen LogP contribution in [-0.4, -0.2) is 23.2 Å². The van der Waals surface area contributed by atoms with E-state index in [9.17, 15) is 9.59 Å². The predicted octanol–water partition coefficient (Wildman–Crippen LogP) is 1.43. The normalized spacial score (nSPS) is 16.9. The van der Waals surface area contributed by atoms with Crippen LogP contribution < -0.4 is 16.2 Å². The number of pyridine rings is 1. The number of carbonyl (C=O) groups excluding carboxylic acids is 2. The summed E-state index contributed by atoms with van der Waals surface area (Å²) in [6.07, 6.45) is 5.85. The van der Waals surface area contributed by atoms with Gasteiger partial charge in [-0.15, -0.1) is 0 Å². The third-order valence-electron chi connectivity index (χ3n) is 3.74. The van der Waals surface area contributed by atoms with Crippen LogP contribution in [0.3, 0.4) is 0 Å². The van der Waals surface area contributed by atoms with Crippen LogP contribution in [0.5, 0.6) is 0 Å². The summed E-state index contributed by atoms with van der Waals surface area (Å²) in [6, 6.07) is 14.1. The van der Waals surface area contributed by atoms with Gasteiger partial charge in [0.05, 0.1) is 5.69 Å². The zero-order valence-corrected chi connectivity index (χ0v) is 12.8. The molecule has 0 fully saturated rings. The Morgan fingerprint density at radius 1 is 1.17 bits per heavy atom. The first-order valence-electron chi connectivity index (χ1n) is 7.39. The molecule has 0 aliphatic carbocycles. The minimum absolute atomic E-state index is 0.263. The summed E-state index contributed by atoms with van der Waals surface area (Å²) in [5.74, 6) is 4.77. The Kier molecular flexibility index (Phi) is 4.49. The fourth-order valence-electron chi connectivity index (χ4n) is 2.60. The number of aldehydes is 1. The van der Waals surface area contributed by atoms with Gasteiger partial charge in [0.15, 0.2) is 0 Å². The Morgan fingerprint density at radius 3 is 2.54 bits per heavy atom. The maximum absolute atomic E-state index is 12.2. The fraction of sp³-hybridized carbons (Fsp3) is 0.0556. The Balaban J connectivity index is 2.13. The molecule has 0 radical (unpaired) electrons. The van der Waals surface area contributed by atoms with Gasteiger partial charge in [-0.05, 0) is 30.3 Å². The molecule has 0 saturated carbocycles. The average molecular weight is 320 g/mol. The molecule has 0 bridgehead atoms. The second-order valence-corrected chi connectivity index (χ2v) is 5.20. The molecular formula is C18H16N4O2. The number of hydrogen-bond acceptors (Lipinski definition) is 5. The van der Waals surface area contributed by atoms with Crippen molar-refractivity contribution in [3.05, 3.63) is 78.3 Å². The van der Waals surface area contributed by atoms with Crippen LogP contribution in [0, 0.1) is 0 Å². The van der Waals surface area contributed by atoms with E-state index in [-0.39, 0.29) is 5.57 Å². The van der Waals surface area contributed by atoms with Crippen molar-refractivity contribution in [2.75, 3.05) is 4.90 Å². The van der Waals surface area contributed by atoms with Crippen molar-refractivity contribution in [3.63, 3.8) is 0 Å². The number of anilines is 1. The second kappa shape index (κ2) is 6.89. The minimum atomic E-state index is -0.761. The Bertz CT molecular complexity index is 800. The zero-order valence-electron chi connectivity index (χ0n) is 12.8. The van der Waals surface area contributed by atoms with Gasteiger partial charge in [-0.3, -0.25) is 15.2 Å². The highest BCUT2D eigenvalue weighted by Crippen LogP contribution is 2.29. The van der Waals surface area contributed by atoms with Crippen LogP contribution in [0.1, 0.15) is 5.69 Å². The van der Waals surface area contributed by atoms with Gasteiger partial charge in [0.2, 0.25) is 0 Å². The molecule has 120 valence electrons. The summed E-state index contributed by atoms with van der Waals surface area (Å²) in [7, 11) is 0. The van der Waals surface area contributed by atoms with Crippen LogP contribution >= 0.6 is 0 Å². The molecule has 0 saturated heterocycles. The van der Waals surface area contributed by atoms with E-state index in [2.05, 4.69) is 10.4 Å². The van der Waals surface area contributed by atoms with E-state index >= 15 is 0 Å². The topological polar surface area (TPSA) is 88.3 Å². The van der Waals surface area contributed by atoms with E-state index < -0.39 is 11.9 Å². The lowest BCUT2D eigenvalue weighted by atomic mass is 9.96. The minimum Gasteiger partial charge on any atom is -0.333 e. The smallest absolute Gasteiger partial charge is 0.263 e. The monoisotopic (exact) mass is 320 g/mol. The van der Waals surface area contributed by atoms with E-state index in [1.807, 2.05) is 54.7 Å². The highest BCUT2D eigenvalue weighted by Gasteiger charge is 2.30. The number of allylic oxidation sites excluding steroid dienone is 2. The SMILES string of the molecule is NNC(=O)C1=CC(c2ccccn2)=CN(c2ccccc2)C1C=O. The predicted molar refractivity (Wildman–Crippen MR) is 91.4 cm³/mol. The molecule has 1 amide bonds. The second-order valence-electron chi connectivity index (χ2n) is 5.20. The molecule has 1 atom stereocenters. The number of rotatable bonds is 4. The van der Waals surface area contributed by atoms with Crippen molar-refractivity contribution in [1.29, 1.82) is 0 Å². The molecule has 2 aromatic rings. The van der Waals surface area contributed by atoms with Gasteiger partial charge in [-0.1, -0.05) is 24.3 Å². The molecule has 3 rings (SSSR count). The molecule has 1 aliphatic heterocycles. The third-order valence-corrected chi connectivity index (χ3v) is 3.74. The van der Waals surface area contributed by atoms with Crippen LogP contribution in [0.4, 0.5) is 5.69 Å². The molecule has 1 aromatic heterocycles. The molecule has 1 aromatic carbocycles. The first-order chi connectivity index (χ1) is 11.7. The van der Waals surface area contributed by atoms with Crippen molar-refractivity contribution in [2.45, 2.75) is 6.04 Å². The number of hydrazine groups is 1. The van der Waals surface area contributed by atoms with E-state index in [4.69, 9.17) is 5.84 Å². The number of nitrogens with zero attached hydrogens (tertiary/aromatic N) is 2. The number of para-hydroxylation sites is 1. The van der Waals surface area contributed by atoms with Gasteiger partial charge in [0.1, 0.15) is 12.3 Å². The highest BCUT2D eigenvalue weighted by molar-refractivity contribution is 6.03. The van der Waals surface area contributed by atoms with Crippen molar-refractivity contribution >= 4 is 23.5 Å². The Morgan fingerprint density at radius 2 is 1.92 bits per heavy atom. The van der Waals surface area contributed by atoms with E-state index in [0.29, 0.717) is 5.69 Å². The number of nitrogens with one attached hydrogen (secondary N) is 1. The molecule has 2 heterocycles. The molecule has 6 heteroatoms. The van der Waals surface area contributed by atoms with Gasteiger partial charge in [-0.25, -0.2) is 5.84 Å². The lowest BCUT2D eigenvalue weighted by Gasteiger charge is -2.32. The number of amides is 1. The molecule has 1 aliphatic rings. The van der Waals surface area contributed by atoms with E-state index in [1.165, 1.54) is 0 Å². The first kappa shape index (κ1) is 15.6. The number of hydrogen-bond donors (Lipinski definition) is 2. The third kappa shape index (κ3) is 2.95. The summed E-state index contributed by atoms with van der Waals surface area (Å²) in [5, 5.41) is 0. The first-order valence-corrected chi connectivity index (χ1v) is 7.39. The summed E-state index contributed by atoms with van der Waals surface area (Å²) in [4.78, 5) is 29.9. The quantitative estimate of drug-likeness (QED) is 0.385. The van der Waals surface area contributed by atoms with Gasteiger partial charge in [-0.2, -0.15) is 0 Å². The summed E-state index contributed by atoms with van der Waals surface area (Å²) < 4.78 is 0. The van der Waals surface area contributed by atoms with Crippen LogP contribution in [-0.2, 0) is 9.59 Å². The molecule has 0 spiro atoms. The van der Waals surface area contributed by atoms with Gasteiger partial charge in [0, 0.05) is 29.2 Å². The molecule has 1 unspecified atom stereocenters. The number of nitrogens with two attached hydrogens (primary N) is 1. The van der Waals surface area contributed by atoms with Gasteiger partial charge >= 0.3 is 0 Å². The molecule has 3 N–H and O–H groups in total. The van der Waals surface area contributed by atoms with Crippen molar-refractivity contribution in [1.82, 2.24) is 10.4 Å². The average Bonchev–Trinajstić information content (AvgIpc) is 2.67. The lowest BCUT2D eigenvalue weighted by Crippen LogP contribution is -2.44. The lowest BCUT2D eigenvalue weighted by molar-refractivity contribution is -0.119. The van der Waals surface area contributed by atoms with Crippen molar-refractivity contribution < 1.29 is 9.59 Å². The van der Waals surface area contributed by atoms with Crippen molar-refractivity contribution in [2.24, 2.45) is 5.84 Å². The van der Waals surface area contributed by atoms with Crippen LogP contribution in [0.2, 0.25) is 0 Å². The van der Waals surface area contributed by atoms with E-state index in [1.54, 1.807) is 17.2 Å². The number of benzene rings is 1. The number of aromatic nitrogens is 1. The molecule has 6 nitrogen and oxygen atoms in total. The summed E-state index contributed by atoms with van der Waals surface area (Å²) >= 11 is 0. The Hall–Kier alpha value is -3.25. The summed E-state index contributed by atoms with van der Waals surface area (Å²) in [6.45, 7) is 0. The zero-order chi connectivity index (χ0) is 16.9. The van der Waals surface area contributed by atoms with Crippen LogP contribution in [0.15, 0.2) is 72.6 Å². The van der Waals surface area contributed by atoms with E-state index in [0.717, 1.165) is 17.5 Å².